The molecule has 0 saturated carbocycles. The van der Waals surface area contributed by atoms with Crippen molar-refractivity contribution >= 4 is 27.5 Å². The van der Waals surface area contributed by atoms with Crippen molar-refractivity contribution < 1.29 is 4.74 Å². The molecule has 0 radical (unpaired) electrons. The van der Waals surface area contributed by atoms with Gasteiger partial charge in [0.1, 0.15) is 0 Å². The molecule has 1 N–H and O–H groups in total. The van der Waals surface area contributed by atoms with E-state index in [-0.39, 0.29) is 6.23 Å². The molecule has 4 heterocycles. The van der Waals surface area contributed by atoms with Crippen LogP contribution in [0.5, 0.6) is 5.75 Å². The standard InChI is InChI=1S/C35H24N4O/c1-2-6-25(7-3-1)35-38-30-10-11-32-33(34(30)40-35)29-8-4-5-9-31(29)39(32)28-21-26(23-12-16-36-17-13-23)20-27(22-28)24-14-18-37-19-15-24/h1-22,35,38H. The largest absolute Gasteiger partial charge is 0.464 e. The van der Waals surface area contributed by atoms with Crippen LogP contribution in [0.15, 0.2) is 134 Å². The number of pyridine rings is 2. The van der Waals surface area contributed by atoms with Crippen LogP contribution in [-0.4, -0.2) is 14.5 Å². The van der Waals surface area contributed by atoms with Crippen LogP contribution >= 0.6 is 0 Å². The van der Waals surface area contributed by atoms with Crippen molar-refractivity contribution in [2.45, 2.75) is 6.23 Å². The minimum atomic E-state index is -0.225. The van der Waals surface area contributed by atoms with Gasteiger partial charge in [0.25, 0.3) is 0 Å². The Bertz CT molecular complexity index is 1940. The quantitative estimate of drug-likeness (QED) is 0.255. The highest BCUT2D eigenvalue weighted by Crippen LogP contribution is 2.47. The summed E-state index contributed by atoms with van der Waals surface area (Å²) in [4.78, 5) is 8.47. The van der Waals surface area contributed by atoms with E-state index in [9.17, 15) is 0 Å². The lowest BCUT2D eigenvalue weighted by molar-refractivity contribution is 0.263. The molecule has 40 heavy (non-hydrogen) atoms. The first-order valence-corrected chi connectivity index (χ1v) is 13.3. The van der Waals surface area contributed by atoms with Crippen molar-refractivity contribution in [2.75, 3.05) is 5.32 Å². The van der Waals surface area contributed by atoms with E-state index in [2.05, 4.69) is 111 Å². The van der Waals surface area contributed by atoms with E-state index in [0.717, 1.165) is 66.7 Å². The number of hydrogen-bond donors (Lipinski definition) is 1. The maximum atomic E-state index is 6.61. The van der Waals surface area contributed by atoms with Crippen LogP contribution in [0.1, 0.15) is 11.8 Å². The summed E-state index contributed by atoms with van der Waals surface area (Å²) >= 11 is 0. The van der Waals surface area contributed by atoms with Gasteiger partial charge in [-0.25, -0.2) is 0 Å². The zero-order valence-electron chi connectivity index (χ0n) is 21.5. The Morgan fingerprint density at radius 1 is 0.600 bits per heavy atom. The lowest BCUT2D eigenvalue weighted by Gasteiger charge is -2.14. The molecule has 0 fully saturated rings. The number of nitrogens with one attached hydrogen (secondary N) is 1. The van der Waals surface area contributed by atoms with E-state index in [1.165, 1.54) is 0 Å². The summed E-state index contributed by atoms with van der Waals surface area (Å²) in [5.41, 5.74) is 9.90. The van der Waals surface area contributed by atoms with Crippen LogP contribution in [-0.2, 0) is 0 Å². The molecule has 0 saturated heterocycles. The number of para-hydroxylation sites is 1. The lowest BCUT2D eigenvalue weighted by atomic mass is 9.99. The van der Waals surface area contributed by atoms with Gasteiger partial charge < -0.3 is 14.6 Å². The van der Waals surface area contributed by atoms with Gasteiger partial charge in [-0.15, -0.1) is 0 Å². The molecule has 1 unspecified atom stereocenters. The molecule has 5 nitrogen and oxygen atoms in total. The van der Waals surface area contributed by atoms with E-state index in [1.54, 1.807) is 0 Å². The Labute approximate surface area is 231 Å². The number of benzene rings is 4. The van der Waals surface area contributed by atoms with Crippen molar-refractivity contribution in [2.24, 2.45) is 0 Å². The summed E-state index contributed by atoms with van der Waals surface area (Å²) in [6, 6.07) is 38.1. The molecule has 1 atom stereocenters. The van der Waals surface area contributed by atoms with Crippen LogP contribution < -0.4 is 10.1 Å². The molecule has 1 aliphatic rings. The Morgan fingerprint density at radius 3 is 1.95 bits per heavy atom. The van der Waals surface area contributed by atoms with Gasteiger partial charge in [0, 0.05) is 41.4 Å². The second-order valence-electron chi connectivity index (χ2n) is 9.98. The number of ether oxygens (including phenoxy) is 1. The monoisotopic (exact) mass is 516 g/mol. The molecule has 1 aliphatic heterocycles. The van der Waals surface area contributed by atoms with Gasteiger partial charge in [0.2, 0.25) is 0 Å². The summed E-state index contributed by atoms with van der Waals surface area (Å²) in [6.45, 7) is 0. The normalized spacial score (nSPS) is 14.2. The van der Waals surface area contributed by atoms with E-state index in [0.29, 0.717) is 0 Å². The maximum Gasteiger partial charge on any atom is 0.196 e. The second-order valence-corrected chi connectivity index (χ2v) is 9.98. The fourth-order valence-electron chi connectivity index (χ4n) is 5.77. The van der Waals surface area contributed by atoms with Crippen LogP contribution in [0.25, 0.3) is 49.7 Å². The first-order chi connectivity index (χ1) is 19.8. The van der Waals surface area contributed by atoms with Gasteiger partial charge in [-0.3, -0.25) is 9.97 Å². The van der Waals surface area contributed by atoms with Crippen molar-refractivity contribution in [1.82, 2.24) is 14.5 Å². The Hall–Kier alpha value is -5.42. The van der Waals surface area contributed by atoms with E-state index < -0.39 is 0 Å². The Morgan fingerprint density at radius 2 is 1.25 bits per heavy atom. The average molecular weight is 517 g/mol. The minimum Gasteiger partial charge on any atom is -0.464 e. The summed E-state index contributed by atoms with van der Waals surface area (Å²) in [5, 5.41) is 5.84. The molecule has 4 aromatic carbocycles. The molecule has 8 rings (SSSR count). The van der Waals surface area contributed by atoms with Crippen LogP contribution in [0.2, 0.25) is 0 Å². The predicted octanol–water partition coefficient (Wildman–Crippen LogP) is 8.41. The molecule has 0 bridgehead atoms. The van der Waals surface area contributed by atoms with E-state index in [4.69, 9.17) is 4.74 Å². The topological polar surface area (TPSA) is 52.0 Å². The minimum absolute atomic E-state index is 0.225. The van der Waals surface area contributed by atoms with Gasteiger partial charge >= 0.3 is 0 Å². The lowest BCUT2D eigenvalue weighted by Crippen LogP contribution is -2.09. The van der Waals surface area contributed by atoms with Gasteiger partial charge in [-0.05, 0) is 82.9 Å². The first kappa shape index (κ1) is 22.6. The molecule has 7 aromatic rings. The number of anilines is 1. The smallest absolute Gasteiger partial charge is 0.196 e. The van der Waals surface area contributed by atoms with Gasteiger partial charge in [0.15, 0.2) is 12.0 Å². The third-order valence-corrected chi connectivity index (χ3v) is 7.62. The number of aromatic nitrogens is 3. The second kappa shape index (κ2) is 9.10. The average Bonchev–Trinajstić information content (AvgIpc) is 3.62. The Balaban J connectivity index is 1.37. The zero-order valence-corrected chi connectivity index (χ0v) is 21.5. The van der Waals surface area contributed by atoms with Crippen molar-refractivity contribution in [3.8, 4) is 33.7 Å². The van der Waals surface area contributed by atoms with Crippen LogP contribution in [0.3, 0.4) is 0 Å². The SMILES string of the molecule is c1ccc(C2Nc3ccc4c(c3O2)c2ccccc2n4-c2cc(-c3ccncc3)cc(-c3ccncc3)c2)cc1. The maximum absolute atomic E-state index is 6.61. The first-order valence-electron chi connectivity index (χ1n) is 13.3. The predicted molar refractivity (Wildman–Crippen MR) is 161 cm³/mol. The highest BCUT2D eigenvalue weighted by Gasteiger charge is 2.28. The molecule has 3 aromatic heterocycles. The van der Waals surface area contributed by atoms with Gasteiger partial charge in [0.05, 0.1) is 22.1 Å². The number of fused-ring (bicyclic) bond motifs is 5. The summed E-state index contributed by atoms with van der Waals surface area (Å²) in [7, 11) is 0. The van der Waals surface area contributed by atoms with Gasteiger partial charge in [-0.2, -0.15) is 0 Å². The molecular weight excluding hydrogens is 492 g/mol. The van der Waals surface area contributed by atoms with E-state index in [1.807, 2.05) is 43.0 Å². The molecule has 190 valence electrons. The van der Waals surface area contributed by atoms with Crippen molar-refractivity contribution in [3.05, 3.63) is 140 Å². The fourth-order valence-corrected chi connectivity index (χ4v) is 5.77. The number of hydrogen-bond acceptors (Lipinski definition) is 4. The molecule has 0 aliphatic carbocycles. The van der Waals surface area contributed by atoms with E-state index >= 15 is 0 Å². The molecule has 0 spiro atoms. The van der Waals surface area contributed by atoms with Gasteiger partial charge in [-0.1, -0.05) is 48.5 Å². The summed E-state index contributed by atoms with van der Waals surface area (Å²) in [6.07, 6.45) is 7.13. The van der Waals surface area contributed by atoms with Crippen molar-refractivity contribution in [3.63, 3.8) is 0 Å². The third-order valence-electron chi connectivity index (χ3n) is 7.62. The molecule has 0 amide bonds. The zero-order chi connectivity index (χ0) is 26.5. The third kappa shape index (κ3) is 3.63. The highest BCUT2D eigenvalue weighted by atomic mass is 16.5. The number of nitrogens with zero attached hydrogens (tertiary/aromatic N) is 3. The number of rotatable bonds is 4. The molecule has 5 heteroatoms. The highest BCUT2D eigenvalue weighted by molar-refractivity contribution is 6.14. The molecular formula is C35H24N4O. The van der Waals surface area contributed by atoms with Crippen molar-refractivity contribution in [1.29, 1.82) is 0 Å². The van der Waals surface area contributed by atoms with Crippen LogP contribution in [0.4, 0.5) is 5.69 Å². The fraction of sp³-hybridized carbons (Fsp3) is 0.0286. The van der Waals surface area contributed by atoms with Crippen LogP contribution in [0, 0.1) is 0 Å². The summed E-state index contributed by atoms with van der Waals surface area (Å²) < 4.78 is 8.96. The Kier molecular flexibility index (Phi) is 5.13. The summed E-state index contributed by atoms with van der Waals surface area (Å²) in [5.74, 6) is 0.890.